The van der Waals surface area contributed by atoms with Crippen LogP contribution >= 0.6 is 0 Å². The number of hydrogen-bond acceptors (Lipinski definition) is 1. The fourth-order valence-corrected chi connectivity index (χ4v) is 8.93. The molecule has 58 heavy (non-hydrogen) atoms. The van der Waals surface area contributed by atoms with Crippen molar-refractivity contribution in [2.45, 2.75) is 0 Å². The molecule has 0 aliphatic heterocycles. The number of aromatic nitrogens is 1. The summed E-state index contributed by atoms with van der Waals surface area (Å²) < 4.78 is 2.47. The molecule has 0 aliphatic rings. The summed E-state index contributed by atoms with van der Waals surface area (Å²) in [7, 11) is 0. The fraction of sp³-hybridized carbons (Fsp3) is 0. The van der Waals surface area contributed by atoms with Crippen molar-refractivity contribution < 1.29 is 0 Å². The lowest BCUT2D eigenvalue weighted by Crippen LogP contribution is -2.11. The van der Waals surface area contributed by atoms with Crippen LogP contribution in [-0.4, -0.2) is 4.57 Å². The van der Waals surface area contributed by atoms with Crippen LogP contribution in [0.4, 0.5) is 17.1 Å². The van der Waals surface area contributed by atoms with E-state index < -0.39 is 0 Å². The zero-order valence-electron chi connectivity index (χ0n) is 31.8. The SMILES string of the molecule is c1ccc(-c2ccc(N(c3ccc4c5ccccc5n(-c5ccccc5-c5cccc6ccccc56)c4c3)c3ccccc3-c3cccc4ccccc34)cc2)cc1. The first-order chi connectivity index (χ1) is 28.8. The summed E-state index contributed by atoms with van der Waals surface area (Å²) in [4.78, 5) is 2.43. The Morgan fingerprint density at radius 2 is 0.793 bits per heavy atom. The Bertz CT molecular complexity index is 3270. The van der Waals surface area contributed by atoms with E-state index in [1.807, 2.05) is 0 Å². The van der Waals surface area contributed by atoms with Crippen LogP contribution < -0.4 is 4.90 Å². The normalized spacial score (nSPS) is 11.4. The first-order valence-corrected chi connectivity index (χ1v) is 19.9. The van der Waals surface area contributed by atoms with Crippen LogP contribution in [0.1, 0.15) is 0 Å². The van der Waals surface area contributed by atoms with Crippen molar-refractivity contribution in [2.75, 3.05) is 4.90 Å². The van der Waals surface area contributed by atoms with Crippen molar-refractivity contribution in [3.63, 3.8) is 0 Å². The maximum atomic E-state index is 2.47. The molecule has 0 spiro atoms. The highest BCUT2D eigenvalue weighted by Gasteiger charge is 2.22. The van der Waals surface area contributed by atoms with Crippen molar-refractivity contribution in [1.82, 2.24) is 4.57 Å². The van der Waals surface area contributed by atoms with Gasteiger partial charge in [0.1, 0.15) is 0 Å². The molecule has 11 aromatic rings. The van der Waals surface area contributed by atoms with E-state index in [0.29, 0.717) is 0 Å². The fourth-order valence-electron chi connectivity index (χ4n) is 8.93. The smallest absolute Gasteiger partial charge is 0.0562 e. The standard InChI is InChI=1S/C56H38N2/c1-2-16-39(17-3-1)40-32-34-43(35-33-40)57(53-29-11-8-24-49(53)47-27-14-20-41-18-4-6-22-45(41)47)44-36-37-52-51-26-10-13-31-55(51)58(56(52)38-44)54-30-12-9-25-50(54)48-28-15-21-42-19-5-7-23-46(42)48/h1-38H. The van der Waals surface area contributed by atoms with Gasteiger partial charge in [-0.05, 0) is 86.3 Å². The number of para-hydroxylation sites is 3. The van der Waals surface area contributed by atoms with E-state index in [2.05, 4.69) is 240 Å². The molecule has 0 amide bonds. The number of rotatable bonds is 7. The van der Waals surface area contributed by atoms with Gasteiger partial charge < -0.3 is 9.47 Å². The van der Waals surface area contributed by atoms with Gasteiger partial charge in [0, 0.05) is 33.3 Å². The molecule has 2 nitrogen and oxygen atoms in total. The molecule has 0 saturated heterocycles. The molecule has 0 radical (unpaired) electrons. The number of nitrogens with zero attached hydrogens (tertiary/aromatic N) is 2. The molecule has 0 unspecified atom stereocenters. The summed E-state index contributed by atoms with van der Waals surface area (Å²) in [5, 5.41) is 7.38. The lowest BCUT2D eigenvalue weighted by molar-refractivity contribution is 1.18. The molecule has 0 N–H and O–H groups in total. The minimum Gasteiger partial charge on any atom is -0.310 e. The van der Waals surface area contributed by atoms with Crippen LogP contribution in [0.15, 0.2) is 231 Å². The average molecular weight is 739 g/mol. The highest BCUT2D eigenvalue weighted by molar-refractivity contribution is 6.12. The Labute approximate surface area is 338 Å². The quantitative estimate of drug-likeness (QED) is 0.158. The van der Waals surface area contributed by atoms with E-state index in [4.69, 9.17) is 0 Å². The van der Waals surface area contributed by atoms with E-state index in [1.54, 1.807) is 0 Å². The molecule has 0 atom stereocenters. The lowest BCUT2D eigenvalue weighted by atomic mass is 9.96. The Balaban J connectivity index is 1.17. The zero-order chi connectivity index (χ0) is 38.4. The second-order valence-electron chi connectivity index (χ2n) is 14.9. The maximum Gasteiger partial charge on any atom is 0.0562 e. The average Bonchev–Trinajstić information content (AvgIpc) is 3.63. The maximum absolute atomic E-state index is 2.47. The van der Waals surface area contributed by atoms with E-state index in [9.17, 15) is 0 Å². The lowest BCUT2D eigenvalue weighted by Gasteiger charge is -2.28. The van der Waals surface area contributed by atoms with Crippen LogP contribution in [0, 0.1) is 0 Å². The highest BCUT2D eigenvalue weighted by Crippen LogP contribution is 2.45. The predicted octanol–water partition coefficient (Wildman–Crippen LogP) is 15.6. The summed E-state index contributed by atoms with van der Waals surface area (Å²) in [6.45, 7) is 0. The Morgan fingerprint density at radius 3 is 1.53 bits per heavy atom. The van der Waals surface area contributed by atoms with Gasteiger partial charge >= 0.3 is 0 Å². The van der Waals surface area contributed by atoms with Crippen LogP contribution in [0.25, 0.3) is 82.4 Å². The molecule has 2 heteroatoms. The highest BCUT2D eigenvalue weighted by atomic mass is 15.1. The zero-order valence-corrected chi connectivity index (χ0v) is 31.8. The van der Waals surface area contributed by atoms with Gasteiger partial charge in [0.05, 0.1) is 22.4 Å². The topological polar surface area (TPSA) is 8.17 Å². The first-order valence-electron chi connectivity index (χ1n) is 19.9. The second kappa shape index (κ2) is 14.1. The van der Waals surface area contributed by atoms with Gasteiger partial charge in [-0.25, -0.2) is 0 Å². The van der Waals surface area contributed by atoms with Gasteiger partial charge in [0.25, 0.3) is 0 Å². The van der Waals surface area contributed by atoms with Gasteiger partial charge in [-0.15, -0.1) is 0 Å². The molecule has 272 valence electrons. The minimum atomic E-state index is 1.08. The summed E-state index contributed by atoms with van der Waals surface area (Å²) in [5.41, 5.74) is 14.0. The van der Waals surface area contributed by atoms with E-state index in [0.717, 1.165) is 28.3 Å². The molecule has 10 aromatic carbocycles. The van der Waals surface area contributed by atoms with Gasteiger partial charge in [-0.1, -0.05) is 188 Å². The number of anilines is 3. The Morgan fingerprint density at radius 1 is 0.293 bits per heavy atom. The molecule has 1 heterocycles. The number of fused-ring (bicyclic) bond motifs is 5. The van der Waals surface area contributed by atoms with Crippen molar-refractivity contribution in [1.29, 1.82) is 0 Å². The molecular weight excluding hydrogens is 701 g/mol. The third-order valence-corrected chi connectivity index (χ3v) is 11.6. The summed E-state index contributed by atoms with van der Waals surface area (Å²) in [6.07, 6.45) is 0. The minimum absolute atomic E-state index is 1.08. The molecule has 0 saturated carbocycles. The number of hydrogen-bond donors (Lipinski definition) is 0. The third kappa shape index (κ3) is 5.66. The van der Waals surface area contributed by atoms with Crippen LogP contribution in [0.3, 0.4) is 0 Å². The molecule has 0 fully saturated rings. The van der Waals surface area contributed by atoms with E-state index in [1.165, 1.54) is 71.2 Å². The van der Waals surface area contributed by atoms with Crippen LogP contribution in [0.2, 0.25) is 0 Å². The van der Waals surface area contributed by atoms with Gasteiger partial charge in [0.15, 0.2) is 0 Å². The second-order valence-corrected chi connectivity index (χ2v) is 14.9. The third-order valence-electron chi connectivity index (χ3n) is 11.6. The van der Waals surface area contributed by atoms with E-state index >= 15 is 0 Å². The Kier molecular flexibility index (Phi) is 8.19. The van der Waals surface area contributed by atoms with Crippen molar-refractivity contribution in [3.05, 3.63) is 231 Å². The summed E-state index contributed by atoms with van der Waals surface area (Å²) in [5.74, 6) is 0. The Hall–Kier alpha value is -7.68. The number of benzene rings is 10. The molecule has 1 aromatic heterocycles. The van der Waals surface area contributed by atoms with Gasteiger partial charge in [-0.2, -0.15) is 0 Å². The summed E-state index contributed by atoms with van der Waals surface area (Å²) >= 11 is 0. The van der Waals surface area contributed by atoms with Crippen LogP contribution in [0.5, 0.6) is 0 Å². The van der Waals surface area contributed by atoms with Crippen molar-refractivity contribution in [3.8, 4) is 39.1 Å². The predicted molar refractivity (Wildman–Crippen MR) is 247 cm³/mol. The molecular formula is C56H38N2. The van der Waals surface area contributed by atoms with Crippen molar-refractivity contribution >= 4 is 60.4 Å². The van der Waals surface area contributed by atoms with Crippen molar-refractivity contribution in [2.24, 2.45) is 0 Å². The summed E-state index contributed by atoms with van der Waals surface area (Å²) in [6, 6.07) is 83.8. The molecule has 0 bridgehead atoms. The molecule has 11 rings (SSSR count). The monoisotopic (exact) mass is 738 g/mol. The first kappa shape index (κ1) is 33.6. The van der Waals surface area contributed by atoms with Crippen LogP contribution in [-0.2, 0) is 0 Å². The van der Waals surface area contributed by atoms with Gasteiger partial charge in [0.2, 0.25) is 0 Å². The van der Waals surface area contributed by atoms with Gasteiger partial charge in [-0.3, -0.25) is 0 Å². The molecule has 0 aliphatic carbocycles. The van der Waals surface area contributed by atoms with E-state index in [-0.39, 0.29) is 0 Å². The largest absolute Gasteiger partial charge is 0.310 e.